The minimum atomic E-state index is -0.537. The molecule has 15 heavy (non-hydrogen) atoms. The average Bonchev–Trinajstić information content (AvgIpc) is 2.18. The number of nitrogens with zero attached hydrogens (tertiary/aromatic N) is 1. The number of hydrogen-bond donors (Lipinski definition) is 1. The predicted octanol–water partition coefficient (Wildman–Crippen LogP) is 2.72. The Morgan fingerprint density at radius 1 is 1.60 bits per heavy atom. The number of nitrogens with two attached hydrogens (primary N) is 1. The molecule has 0 fully saturated rings. The molecule has 0 saturated carbocycles. The molecule has 0 aliphatic heterocycles. The van der Waals surface area contributed by atoms with Crippen LogP contribution in [0.2, 0.25) is 0 Å². The van der Waals surface area contributed by atoms with E-state index < -0.39 is 17.6 Å². The monoisotopic (exact) mass is 276 g/mol. The minimum absolute atomic E-state index is 0.0539. The lowest BCUT2D eigenvalue weighted by molar-refractivity contribution is -0.385. The van der Waals surface area contributed by atoms with Gasteiger partial charge in [0.15, 0.2) is 0 Å². The maximum absolute atomic E-state index is 12.0. The highest BCUT2D eigenvalue weighted by Crippen LogP contribution is 2.28. The van der Waals surface area contributed by atoms with Gasteiger partial charge in [-0.1, -0.05) is 6.07 Å². The summed E-state index contributed by atoms with van der Waals surface area (Å²) < 4.78 is 12.4. The van der Waals surface area contributed by atoms with Crippen molar-refractivity contribution in [2.24, 2.45) is 5.73 Å². The van der Waals surface area contributed by atoms with E-state index in [4.69, 9.17) is 5.73 Å². The Kier molecular flexibility index (Phi) is 4.16. The maximum Gasteiger partial charge on any atom is 0.283 e. The van der Waals surface area contributed by atoms with Crippen molar-refractivity contribution in [1.29, 1.82) is 0 Å². The molecule has 1 aromatic rings. The second kappa shape index (κ2) is 5.18. The highest BCUT2D eigenvalue weighted by Gasteiger charge is 2.15. The van der Waals surface area contributed by atoms with E-state index in [1.54, 1.807) is 12.1 Å². The summed E-state index contributed by atoms with van der Waals surface area (Å²) in [7, 11) is 0. The molecule has 0 aromatic heterocycles. The Hall–Kier alpha value is -1.01. The summed E-state index contributed by atoms with van der Waals surface area (Å²) in [5.74, 6) is 0. The number of nitro benzene ring substituents is 1. The van der Waals surface area contributed by atoms with Crippen LogP contribution in [0.1, 0.15) is 18.0 Å². The van der Waals surface area contributed by atoms with Gasteiger partial charge in [0, 0.05) is 12.1 Å². The maximum atomic E-state index is 12.0. The van der Waals surface area contributed by atoms with E-state index in [0.717, 1.165) is 0 Å². The van der Waals surface area contributed by atoms with Crippen LogP contribution in [0.5, 0.6) is 0 Å². The number of rotatable bonds is 4. The topological polar surface area (TPSA) is 69.2 Å². The van der Waals surface area contributed by atoms with Crippen molar-refractivity contribution in [3.05, 3.63) is 38.3 Å². The molecule has 4 nitrogen and oxygen atoms in total. The lowest BCUT2D eigenvalue weighted by Gasteiger charge is -2.09. The molecule has 1 atom stereocenters. The lowest BCUT2D eigenvalue weighted by atomic mass is 10.0. The molecule has 6 heteroatoms. The van der Waals surface area contributed by atoms with Crippen molar-refractivity contribution in [3.63, 3.8) is 0 Å². The van der Waals surface area contributed by atoms with E-state index in [9.17, 15) is 14.5 Å². The molecule has 82 valence electrons. The van der Waals surface area contributed by atoms with Crippen molar-refractivity contribution in [2.75, 3.05) is 6.67 Å². The van der Waals surface area contributed by atoms with Gasteiger partial charge in [-0.2, -0.15) is 0 Å². The van der Waals surface area contributed by atoms with Gasteiger partial charge in [-0.05, 0) is 34.0 Å². The first-order chi connectivity index (χ1) is 7.06. The van der Waals surface area contributed by atoms with Gasteiger partial charge in [0.1, 0.15) is 0 Å². The highest BCUT2D eigenvalue weighted by molar-refractivity contribution is 9.10. The van der Waals surface area contributed by atoms with Crippen LogP contribution in [0, 0.1) is 10.1 Å². The third-order valence-electron chi connectivity index (χ3n) is 2.02. The van der Waals surface area contributed by atoms with E-state index in [2.05, 4.69) is 15.9 Å². The van der Waals surface area contributed by atoms with Crippen LogP contribution < -0.4 is 5.73 Å². The Morgan fingerprint density at radius 3 is 2.80 bits per heavy atom. The van der Waals surface area contributed by atoms with Crippen LogP contribution in [0.3, 0.4) is 0 Å². The van der Waals surface area contributed by atoms with E-state index in [-0.39, 0.29) is 12.1 Å². The fraction of sp³-hybridized carbons (Fsp3) is 0.333. The predicted molar refractivity (Wildman–Crippen MR) is 58.3 cm³/mol. The molecule has 0 aliphatic rings. The van der Waals surface area contributed by atoms with E-state index in [1.807, 2.05) is 0 Å². The molecule has 0 spiro atoms. The number of halogens is 2. The fourth-order valence-electron chi connectivity index (χ4n) is 1.18. The first-order valence-electron chi connectivity index (χ1n) is 4.31. The summed E-state index contributed by atoms with van der Waals surface area (Å²) >= 11 is 3.06. The fourth-order valence-corrected chi connectivity index (χ4v) is 1.58. The summed E-state index contributed by atoms with van der Waals surface area (Å²) in [5, 5.41) is 10.6. The van der Waals surface area contributed by atoms with Gasteiger partial charge in [0.05, 0.1) is 16.1 Å². The summed E-state index contributed by atoms with van der Waals surface area (Å²) in [5.41, 5.74) is 6.16. The largest absolute Gasteiger partial charge is 0.324 e. The van der Waals surface area contributed by atoms with E-state index in [1.165, 1.54) is 6.07 Å². The first kappa shape index (κ1) is 12.1. The van der Waals surface area contributed by atoms with Gasteiger partial charge >= 0.3 is 0 Å². The van der Waals surface area contributed by atoms with Gasteiger partial charge in [-0.3, -0.25) is 14.5 Å². The Bertz CT molecular complexity index is 373. The molecule has 0 unspecified atom stereocenters. The van der Waals surface area contributed by atoms with Crippen LogP contribution in [0.25, 0.3) is 0 Å². The molecule has 1 aromatic carbocycles. The third kappa shape index (κ3) is 2.97. The summed E-state index contributed by atoms with van der Waals surface area (Å²) in [6, 6.07) is 4.06. The quantitative estimate of drug-likeness (QED) is 0.679. The zero-order valence-corrected chi connectivity index (χ0v) is 9.41. The van der Waals surface area contributed by atoms with Crippen molar-refractivity contribution < 1.29 is 9.31 Å². The normalized spacial score (nSPS) is 12.5. The number of benzene rings is 1. The lowest BCUT2D eigenvalue weighted by Crippen LogP contribution is -2.11. The summed E-state index contributed by atoms with van der Waals surface area (Å²) in [4.78, 5) is 10.1. The number of hydrogen-bond acceptors (Lipinski definition) is 3. The van der Waals surface area contributed by atoms with Crippen molar-refractivity contribution >= 4 is 21.6 Å². The van der Waals surface area contributed by atoms with Crippen molar-refractivity contribution in [1.82, 2.24) is 0 Å². The molecule has 0 saturated heterocycles. The zero-order valence-electron chi connectivity index (χ0n) is 7.82. The van der Waals surface area contributed by atoms with Crippen LogP contribution in [-0.2, 0) is 0 Å². The van der Waals surface area contributed by atoms with Crippen LogP contribution >= 0.6 is 15.9 Å². The molecule has 2 N–H and O–H groups in total. The standard InChI is InChI=1S/C9H10BrFN2O2/c10-7-2-1-6(8(12)3-4-11)5-9(7)13(14)15/h1-2,5,8H,3-4,12H2/t8-/m0/s1. The highest BCUT2D eigenvalue weighted by atomic mass is 79.9. The summed E-state index contributed by atoms with van der Waals surface area (Å²) in [6.45, 7) is -0.537. The number of alkyl halides is 1. The number of nitro groups is 1. The molecule has 0 aliphatic carbocycles. The molecule has 0 radical (unpaired) electrons. The van der Waals surface area contributed by atoms with Crippen LogP contribution in [0.15, 0.2) is 22.7 Å². The second-order valence-electron chi connectivity index (χ2n) is 3.05. The third-order valence-corrected chi connectivity index (χ3v) is 2.69. The molecular formula is C9H10BrFN2O2. The Labute approximate surface area is 94.6 Å². The van der Waals surface area contributed by atoms with Crippen molar-refractivity contribution in [3.8, 4) is 0 Å². The molecular weight excluding hydrogens is 267 g/mol. The van der Waals surface area contributed by atoms with Gasteiger partial charge in [-0.25, -0.2) is 0 Å². The molecule has 1 rings (SSSR count). The summed E-state index contributed by atoms with van der Waals surface area (Å²) in [6.07, 6.45) is 0.165. The first-order valence-corrected chi connectivity index (χ1v) is 5.11. The molecule has 0 bridgehead atoms. The SMILES string of the molecule is N[C@@H](CCF)c1ccc(Br)c([N+](=O)[O-])c1. The Balaban J connectivity index is 3.02. The smallest absolute Gasteiger partial charge is 0.283 e. The average molecular weight is 277 g/mol. The minimum Gasteiger partial charge on any atom is -0.324 e. The van der Waals surface area contributed by atoms with Crippen molar-refractivity contribution in [2.45, 2.75) is 12.5 Å². The van der Waals surface area contributed by atoms with Gasteiger partial charge in [-0.15, -0.1) is 0 Å². The van der Waals surface area contributed by atoms with Crippen LogP contribution in [0.4, 0.5) is 10.1 Å². The van der Waals surface area contributed by atoms with Gasteiger partial charge < -0.3 is 5.73 Å². The van der Waals surface area contributed by atoms with Gasteiger partial charge in [0.25, 0.3) is 5.69 Å². The van der Waals surface area contributed by atoms with Crippen LogP contribution in [-0.4, -0.2) is 11.6 Å². The molecule has 0 heterocycles. The van der Waals surface area contributed by atoms with E-state index >= 15 is 0 Å². The van der Waals surface area contributed by atoms with Gasteiger partial charge in [0.2, 0.25) is 0 Å². The zero-order chi connectivity index (χ0) is 11.4. The molecule has 0 amide bonds. The second-order valence-corrected chi connectivity index (χ2v) is 3.91. The van der Waals surface area contributed by atoms with E-state index in [0.29, 0.717) is 10.0 Å². The Morgan fingerprint density at radius 2 is 2.27 bits per heavy atom.